The number of halogens is 2. The normalized spacial score (nSPS) is 32.0. The van der Waals surface area contributed by atoms with Crippen LogP contribution in [0.4, 0.5) is 0 Å². The van der Waals surface area contributed by atoms with Crippen LogP contribution in [-0.4, -0.2) is 229 Å². The van der Waals surface area contributed by atoms with Gasteiger partial charge in [0, 0.05) is 99.7 Å². The van der Waals surface area contributed by atoms with E-state index in [0.717, 1.165) is 116 Å². The van der Waals surface area contributed by atoms with E-state index in [0.29, 0.717) is 169 Å². The second-order valence-corrected chi connectivity index (χ2v) is 35.1. The number of ketones is 2. The maximum atomic E-state index is 14.7. The zero-order chi connectivity index (χ0) is 80.8. The molecule has 6 aliphatic heterocycles. The summed E-state index contributed by atoms with van der Waals surface area (Å²) < 4.78 is 60.0. The minimum absolute atomic E-state index is 0.0588. The standard InChI is InChI=1S/2C44H56ClN3O10/c2*1-2-55-38-23-37(33-10-11-36(40(45)41(33)46-38)56-17-14-47-12-15-54-16-13-47)57-32-22-34-35(49)25-44(43(52)53)24-30(44)9-7-5-3-4-6-8-27(42(51)48(34)26-32)21-39(50)58-31-19-28-18-29(28)20-31/h2*7,9-11,23,27-32,34H,2-6,8,12-22,24-26H2,1H3,(H,52,53)/b2*9-7-/t2*27-,28-,29+,30-,31?,32-,34+,44-/m11/s1. The highest BCUT2D eigenvalue weighted by Crippen LogP contribution is 2.59. The lowest BCUT2D eigenvalue weighted by atomic mass is 9.91. The number of hydrogen-bond donors (Lipinski definition) is 2. The first-order valence-corrected chi connectivity index (χ1v) is 43.6. The molecule has 8 heterocycles. The van der Waals surface area contributed by atoms with Crippen molar-refractivity contribution in [2.24, 2.45) is 58.2 Å². The Bertz CT molecular complexity index is 4050. The van der Waals surface area contributed by atoms with Crippen LogP contribution in [0.2, 0.25) is 10.0 Å². The number of nitrogens with zero attached hydrogens (tertiary/aromatic N) is 6. The summed E-state index contributed by atoms with van der Waals surface area (Å²) >= 11 is 13.9. The van der Waals surface area contributed by atoms with Crippen molar-refractivity contribution >= 4 is 92.3 Å². The van der Waals surface area contributed by atoms with Crippen LogP contribution in [0.5, 0.6) is 34.8 Å². The number of carbonyl (C=O) groups is 8. The highest BCUT2D eigenvalue weighted by molar-refractivity contribution is 6.37. The molecule has 26 nitrogen and oxygen atoms in total. The predicted octanol–water partition coefficient (Wildman–Crippen LogP) is 12.5. The number of carboxylic acid groups (broad SMARTS) is 2. The van der Waals surface area contributed by atoms with E-state index in [1.54, 1.807) is 34.1 Å². The SMILES string of the molecule is CCOc1cc(O[C@@H]2C[C@H]3C(=O)C[C@]4(C(=O)O)C[C@H]4/C=C\CCCCC[C@H](CC(=O)OC4C[C@@H]5C[C@@H]5C4)C(=O)N3C2)c2ccc(OCCN3CCOCC3)c(Cl)c2n1.CCOc1cc(O[C@@H]2C[C@H]3C(=O)C[C@]4(C(=O)O)C[C@H]4/C=C\CCCCC[C@H](CC(=O)OC4C[C@@H]5C[C@@H]5C4)C(=O)N3C2)c2ccc(OCCN3CCOCC3)c(Cl)c2n1. The summed E-state index contributed by atoms with van der Waals surface area (Å²) in [5, 5.41) is 22.6. The van der Waals surface area contributed by atoms with Crippen LogP contribution < -0.4 is 28.4 Å². The summed E-state index contributed by atoms with van der Waals surface area (Å²) in [6.45, 7) is 13.1. The number of aliphatic carboxylic acids is 2. The number of carbonyl (C=O) groups excluding carboxylic acids is 6. The fourth-order valence-corrected chi connectivity index (χ4v) is 19.9. The van der Waals surface area contributed by atoms with Crippen molar-refractivity contribution in [3.05, 3.63) is 70.7 Å². The maximum Gasteiger partial charge on any atom is 0.310 e. The molecule has 28 heteroatoms. The van der Waals surface area contributed by atoms with Crippen molar-refractivity contribution in [3.63, 3.8) is 0 Å². The number of amides is 2. The number of Topliss-reactive ketones (excluding diaryl/α,β-unsaturated/α-hetero) is 2. The Hall–Kier alpha value is -7.88. The molecule has 2 aromatic carbocycles. The summed E-state index contributed by atoms with van der Waals surface area (Å²) in [5.74, 6) is -0.770. The lowest BCUT2D eigenvalue weighted by Crippen LogP contribution is -2.45. The number of rotatable bonds is 24. The van der Waals surface area contributed by atoms with Gasteiger partial charge in [-0.2, -0.15) is 0 Å². The summed E-state index contributed by atoms with van der Waals surface area (Å²) in [6, 6.07) is 8.78. The Kier molecular flexibility index (Phi) is 26.7. The molecule has 6 saturated carbocycles. The van der Waals surface area contributed by atoms with Gasteiger partial charge in [-0.3, -0.25) is 48.2 Å². The lowest BCUT2D eigenvalue weighted by molar-refractivity contribution is -0.154. The summed E-state index contributed by atoms with van der Waals surface area (Å²) in [5.41, 5.74) is -1.53. The van der Waals surface area contributed by atoms with Gasteiger partial charge in [0.1, 0.15) is 81.7 Å². The Morgan fingerprint density at radius 2 is 0.914 bits per heavy atom. The van der Waals surface area contributed by atoms with Crippen LogP contribution in [0.1, 0.15) is 168 Å². The molecular weight excluding hydrogens is 1530 g/mol. The van der Waals surface area contributed by atoms with Crippen molar-refractivity contribution in [2.75, 3.05) is 105 Å². The second-order valence-electron chi connectivity index (χ2n) is 34.3. The average molecular weight is 1640 g/mol. The van der Waals surface area contributed by atoms with E-state index >= 15 is 0 Å². The molecule has 12 aliphatic rings. The molecule has 2 aromatic heterocycles. The molecule has 116 heavy (non-hydrogen) atoms. The van der Waals surface area contributed by atoms with Crippen LogP contribution in [0, 0.1) is 58.2 Å². The first kappa shape index (κ1) is 83.2. The largest absolute Gasteiger partial charge is 0.491 e. The molecule has 2 N–H and O–H groups in total. The Labute approximate surface area is 687 Å². The Morgan fingerprint density at radius 1 is 0.509 bits per heavy atom. The zero-order valence-corrected chi connectivity index (χ0v) is 68.3. The highest BCUT2D eigenvalue weighted by Gasteiger charge is 2.63. The molecule has 16 rings (SSSR count). The van der Waals surface area contributed by atoms with E-state index in [1.165, 1.54) is 12.8 Å². The van der Waals surface area contributed by atoms with Gasteiger partial charge in [0.2, 0.25) is 23.6 Å². The van der Waals surface area contributed by atoms with Gasteiger partial charge in [-0.05, 0) is 164 Å². The summed E-state index contributed by atoms with van der Waals surface area (Å²) in [6.07, 6.45) is 20.6. The maximum absolute atomic E-state index is 14.7. The van der Waals surface area contributed by atoms with E-state index in [-0.39, 0.29) is 111 Å². The number of morpholine rings is 2. The number of pyridine rings is 2. The average Bonchev–Trinajstić information content (AvgIpc) is 1.61. The number of esters is 2. The molecule has 4 saturated heterocycles. The first-order chi connectivity index (χ1) is 56.2. The second kappa shape index (κ2) is 37.2. The van der Waals surface area contributed by atoms with E-state index in [1.807, 2.05) is 50.3 Å². The van der Waals surface area contributed by atoms with E-state index < -0.39 is 58.9 Å². The smallest absolute Gasteiger partial charge is 0.310 e. The minimum Gasteiger partial charge on any atom is -0.491 e. The topological polar surface area (TPSA) is 308 Å². The molecule has 2 amide bonds. The number of allylic oxidation sites excluding steroid dienone is 4. The van der Waals surface area contributed by atoms with Gasteiger partial charge in [0.05, 0.1) is 88.5 Å². The molecule has 0 radical (unpaired) electrons. The molecule has 0 spiro atoms. The number of carboxylic acids is 2. The van der Waals surface area contributed by atoms with Crippen LogP contribution in [0.25, 0.3) is 21.8 Å². The van der Waals surface area contributed by atoms with Gasteiger partial charge in [-0.15, -0.1) is 0 Å². The van der Waals surface area contributed by atoms with Gasteiger partial charge in [-0.1, -0.05) is 73.2 Å². The number of hydrogen-bond acceptors (Lipinski definition) is 22. The molecule has 2 unspecified atom stereocenters. The summed E-state index contributed by atoms with van der Waals surface area (Å²) in [4.78, 5) is 127. The Balaban J connectivity index is 0.000000182. The van der Waals surface area contributed by atoms with E-state index in [9.17, 15) is 48.6 Å². The molecule has 6 aliphatic carbocycles. The molecule has 16 atom stereocenters. The molecule has 0 bridgehead atoms. The van der Waals surface area contributed by atoms with Crippen molar-refractivity contribution in [1.82, 2.24) is 29.6 Å². The number of benzene rings is 2. The minimum atomic E-state index is -1.20. The van der Waals surface area contributed by atoms with Gasteiger partial charge >= 0.3 is 23.9 Å². The lowest BCUT2D eigenvalue weighted by Gasteiger charge is -2.28. The van der Waals surface area contributed by atoms with Crippen LogP contribution >= 0.6 is 23.2 Å². The predicted molar refractivity (Wildman–Crippen MR) is 428 cm³/mol. The quantitative estimate of drug-likeness (QED) is 0.0486. The third-order valence-electron chi connectivity index (χ3n) is 26.4. The van der Waals surface area contributed by atoms with Crippen molar-refractivity contribution < 1.29 is 95.9 Å². The number of fused-ring (bicyclic) bond motifs is 8. The van der Waals surface area contributed by atoms with Gasteiger partial charge < -0.3 is 67.4 Å². The van der Waals surface area contributed by atoms with Crippen molar-refractivity contribution in [2.45, 2.75) is 204 Å². The van der Waals surface area contributed by atoms with Gasteiger partial charge in [-0.25, -0.2) is 9.97 Å². The molecule has 4 aromatic rings. The van der Waals surface area contributed by atoms with Crippen molar-refractivity contribution in [3.8, 4) is 34.8 Å². The molecule has 628 valence electrons. The Morgan fingerprint density at radius 3 is 1.30 bits per heavy atom. The molecular formula is C88H112Cl2N6O20. The van der Waals surface area contributed by atoms with E-state index in [2.05, 4.69) is 9.80 Å². The van der Waals surface area contributed by atoms with Crippen LogP contribution in [-0.2, 0) is 57.3 Å². The number of aromatic nitrogens is 2. The first-order valence-electron chi connectivity index (χ1n) is 42.8. The fourth-order valence-electron chi connectivity index (χ4n) is 19.4. The third kappa shape index (κ3) is 19.7. The van der Waals surface area contributed by atoms with Crippen LogP contribution in [0.3, 0.4) is 0 Å². The van der Waals surface area contributed by atoms with Crippen LogP contribution in [0.15, 0.2) is 60.7 Å². The third-order valence-corrected chi connectivity index (χ3v) is 27.1. The highest BCUT2D eigenvalue weighted by atomic mass is 35.5. The monoisotopic (exact) mass is 1640 g/mol. The van der Waals surface area contributed by atoms with Gasteiger partial charge in [0.15, 0.2) is 11.6 Å². The van der Waals surface area contributed by atoms with Crippen molar-refractivity contribution in [1.29, 1.82) is 0 Å². The molecule has 10 fully saturated rings. The summed E-state index contributed by atoms with van der Waals surface area (Å²) in [7, 11) is 0. The van der Waals surface area contributed by atoms with E-state index in [4.69, 9.17) is 80.5 Å². The fraction of sp³-hybridized carbons (Fsp3) is 0.659. The number of ether oxygens (including phenoxy) is 10. The van der Waals surface area contributed by atoms with Gasteiger partial charge in [0.25, 0.3) is 0 Å². The zero-order valence-electron chi connectivity index (χ0n) is 66.8.